The summed E-state index contributed by atoms with van der Waals surface area (Å²) >= 11 is 0. The third kappa shape index (κ3) is 4.20. The number of piperazine rings is 1. The molecule has 1 aliphatic rings. The molecule has 0 radical (unpaired) electrons. The monoisotopic (exact) mass is 277 g/mol. The Morgan fingerprint density at radius 3 is 2.60 bits per heavy atom. The summed E-state index contributed by atoms with van der Waals surface area (Å²) in [5, 5.41) is 0. The average molecular weight is 277 g/mol. The highest BCUT2D eigenvalue weighted by Gasteiger charge is 2.18. The molecule has 1 saturated heterocycles. The van der Waals surface area contributed by atoms with Gasteiger partial charge < -0.3 is 15.4 Å². The Morgan fingerprint density at radius 1 is 1.25 bits per heavy atom. The van der Waals surface area contributed by atoms with Gasteiger partial charge in [0.2, 0.25) is 0 Å². The molecule has 2 rings (SSSR count). The molecule has 1 heterocycles. The minimum absolute atomic E-state index is 0.199. The molecule has 0 aromatic heterocycles. The molecule has 4 nitrogen and oxygen atoms in total. The van der Waals surface area contributed by atoms with Gasteiger partial charge in [0.1, 0.15) is 0 Å². The van der Waals surface area contributed by atoms with Gasteiger partial charge in [-0.05, 0) is 31.0 Å². The number of benzene rings is 1. The van der Waals surface area contributed by atoms with E-state index in [-0.39, 0.29) is 6.10 Å². The van der Waals surface area contributed by atoms with Crippen molar-refractivity contribution < 1.29 is 4.74 Å². The molecular formula is C16H27N3O. The van der Waals surface area contributed by atoms with Crippen molar-refractivity contribution in [2.75, 3.05) is 51.3 Å². The van der Waals surface area contributed by atoms with E-state index < -0.39 is 0 Å². The summed E-state index contributed by atoms with van der Waals surface area (Å²) in [7, 11) is 1.74. The van der Waals surface area contributed by atoms with E-state index >= 15 is 0 Å². The molecule has 0 aliphatic carbocycles. The smallest absolute Gasteiger partial charge is 0.0705 e. The first-order valence-electron chi connectivity index (χ1n) is 7.49. The van der Waals surface area contributed by atoms with E-state index in [2.05, 4.69) is 41.0 Å². The van der Waals surface area contributed by atoms with E-state index in [0.717, 1.165) is 39.1 Å². The zero-order valence-corrected chi connectivity index (χ0v) is 12.7. The van der Waals surface area contributed by atoms with Crippen molar-refractivity contribution in [1.29, 1.82) is 0 Å². The molecule has 20 heavy (non-hydrogen) atoms. The normalized spacial score (nSPS) is 18.2. The number of anilines is 1. The molecule has 1 aliphatic heterocycles. The van der Waals surface area contributed by atoms with Gasteiger partial charge in [0.25, 0.3) is 0 Å². The van der Waals surface area contributed by atoms with Crippen LogP contribution in [-0.2, 0) is 4.74 Å². The van der Waals surface area contributed by atoms with Crippen LogP contribution in [0.1, 0.15) is 12.0 Å². The second-order valence-electron chi connectivity index (χ2n) is 5.55. The molecule has 0 spiro atoms. The number of hydrogen-bond acceptors (Lipinski definition) is 4. The van der Waals surface area contributed by atoms with Crippen LogP contribution < -0.4 is 10.6 Å². The third-order valence-electron chi connectivity index (χ3n) is 4.10. The Labute approximate surface area is 122 Å². The topological polar surface area (TPSA) is 41.7 Å². The van der Waals surface area contributed by atoms with E-state index in [0.29, 0.717) is 6.54 Å². The predicted octanol–water partition coefficient (Wildman–Crippen LogP) is 1.48. The van der Waals surface area contributed by atoms with Gasteiger partial charge in [-0.1, -0.05) is 12.1 Å². The molecule has 4 heteroatoms. The van der Waals surface area contributed by atoms with Gasteiger partial charge in [0.15, 0.2) is 0 Å². The summed E-state index contributed by atoms with van der Waals surface area (Å²) in [5.41, 5.74) is 8.34. The van der Waals surface area contributed by atoms with Crippen LogP contribution in [0.2, 0.25) is 0 Å². The highest BCUT2D eigenvalue weighted by molar-refractivity contribution is 5.48. The number of aryl methyl sites for hydroxylation is 1. The molecule has 1 fully saturated rings. The van der Waals surface area contributed by atoms with Gasteiger partial charge in [-0.2, -0.15) is 0 Å². The number of ether oxygens (including phenoxy) is 1. The van der Waals surface area contributed by atoms with Crippen LogP contribution in [0.3, 0.4) is 0 Å². The lowest BCUT2D eigenvalue weighted by molar-refractivity contribution is 0.0885. The first kappa shape index (κ1) is 15.3. The van der Waals surface area contributed by atoms with E-state index in [1.807, 2.05) is 0 Å². The van der Waals surface area contributed by atoms with Crippen molar-refractivity contribution in [1.82, 2.24) is 4.90 Å². The molecule has 1 aromatic carbocycles. The van der Waals surface area contributed by atoms with Gasteiger partial charge >= 0.3 is 0 Å². The molecule has 112 valence electrons. The summed E-state index contributed by atoms with van der Waals surface area (Å²) in [5.74, 6) is 0. The Hall–Kier alpha value is -1.10. The minimum atomic E-state index is 0.199. The lowest BCUT2D eigenvalue weighted by Gasteiger charge is -2.36. The molecule has 2 N–H and O–H groups in total. The van der Waals surface area contributed by atoms with Crippen LogP contribution in [0.5, 0.6) is 0 Å². The molecule has 0 bridgehead atoms. The van der Waals surface area contributed by atoms with Crippen molar-refractivity contribution >= 4 is 5.69 Å². The average Bonchev–Trinajstić information content (AvgIpc) is 2.49. The zero-order valence-electron chi connectivity index (χ0n) is 12.7. The van der Waals surface area contributed by atoms with Crippen LogP contribution in [0, 0.1) is 6.92 Å². The number of methoxy groups -OCH3 is 1. The van der Waals surface area contributed by atoms with Crippen molar-refractivity contribution in [2.45, 2.75) is 19.4 Å². The van der Waals surface area contributed by atoms with Gasteiger partial charge in [0, 0.05) is 52.1 Å². The lowest BCUT2D eigenvalue weighted by atomic mass is 10.2. The highest BCUT2D eigenvalue weighted by atomic mass is 16.5. The third-order valence-corrected chi connectivity index (χ3v) is 4.10. The first-order valence-corrected chi connectivity index (χ1v) is 7.49. The van der Waals surface area contributed by atoms with E-state index in [9.17, 15) is 0 Å². The summed E-state index contributed by atoms with van der Waals surface area (Å²) in [6.07, 6.45) is 1.22. The van der Waals surface area contributed by atoms with Crippen molar-refractivity contribution in [2.24, 2.45) is 5.73 Å². The Balaban J connectivity index is 1.78. The Morgan fingerprint density at radius 2 is 2.00 bits per heavy atom. The van der Waals surface area contributed by atoms with Gasteiger partial charge in [-0.25, -0.2) is 0 Å². The fourth-order valence-electron chi connectivity index (χ4n) is 2.71. The van der Waals surface area contributed by atoms with Crippen molar-refractivity contribution in [3.63, 3.8) is 0 Å². The molecule has 1 atom stereocenters. The maximum atomic E-state index is 5.66. The van der Waals surface area contributed by atoms with Crippen LogP contribution >= 0.6 is 0 Å². The highest BCUT2D eigenvalue weighted by Crippen LogP contribution is 2.17. The zero-order chi connectivity index (χ0) is 14.4. The van der Waals surface area contributed by atoms with Crippen LogP contribution in [0.25, 0.3) is 0 Å². The fourth-order valence-corrected chi connectivity index (χ4v) is 2.71. The van der Waals surface area contributed by atoms with Crippen molar-refractivity contribution in [3.05, 3.63) is 29.8 Å². The quantitative estimate of drug-likeness (QED) is 0.855. The Bertz CT molecular complexity index is 398. The van der Waals surface area contributed by atoms with Crippen LogP contribution in [-0.4, -0.2) is 57.4 Å². The summed E-state index contributed by atoms with van der Waals surface area (Å²) in [4.78, 5) is 4.98. The molecule has 1 aromatic rings. The molecular weight excluding hydrogens is 250 g/mol. The second kappa shape index (κ2) is 7.62. The van der Waals surface area contributed by atoms with Crippen LogP contribution in [0.15, 0.2) is 24.3 Å². The fraction of sp³-hybridized carbons (Fsp3) is 0.625. The summed E-state index contributed by atoms with van der Waals surface area (Å²) in [6, 6.07) is 8.77. The molecule has 0 saturated carbocycles. The van der Waals surface area contributed by atoms with E-state index in [1.165, 1.54) is 11.3 Å². The molecule has 1 unspecified atom stereocenters. The maximum absolute atomic E-state index is 5.66. The second-order valence-corrected chi connectivity index (χ2v) is 5.55. The standard InChI is InChI=1S/C16H27N3O/c1-14-4-3-5-15(12-14)19-10-8-18(9-11-19)7-6-16(13-17)20-2/h3-5,12,16H,6-11,13,17H2,1-2H3. The largest absolute Gasteiger partial charge is 0.380 e. The number of nitrogens with two attached hydrogens (primary N) is 1. The summed E-state index contributed by atoms with van der Waals surface area (Å²) < 4.78 is 5.33. The first-order chi connectivity index (χ1) is 9.72. The SMILES string of the molecule is COC(CN)CCN1CCN(c2cccc(C)c2)CC1. The predicted molar refractivity (Wildman–Crippen MR) is 84.3 cm³/mol. The van der Waals surface area contributed by atoms with Crippen LogP contribution in [0.4, 0.5) is 5.69 Å². The van der Waals surface area contributed by atoms with Gasteiger partial charge in [-0.3, -0.25) is 4.90 Å². The van der Waals surface area contributed by atoms with E-state index in [4.69, 9.17) is 10.5 Å². The Kier molecular flexibility index (Phi) is 5.83. The lowest BCUT2D eigenvalue weighted by Crippen LogP contribution is -2.47. The van der Waals surface area contributed by atoms with Gasteiger partial charge in [0.05, 0.1) is 6.10 Å². The minimum Gasteiger partial charge on any atom is -0.380 e. The number of nitrogens with zero attached hydrogens (tertiary/aromatic N) is 2. The van der Waals surface area contributed by atoms with Gasteiger partial charge in [-0.15, -0.1) is 0 Å². The molecule has 0 amide bonds. The number of hydrogen-bond donors (Lipinski definition) is 1. The maximum Gasteiger partial charge on any atom is 0.0705 e. The number of rotatable bonds is 6. The van der Waals surface area contributed by atoms with Crippen molar-refractivity contribution in [3.8, 4) is 0 Å². The summed E-state index contributed by atoms with van der Waals surface area (Å²) in [6.45, 7) is 8.28. The van der Waals surface area contributed by atoms with E-state index in [1.54, 1.807) is 7.11 Å².